The van der Waals surface area contributed by atoms with Gasteiger partial charge in [-0.1, -0.05) is 109 Å². The summed E-state index contributed by atoms with van der Waals surface area (Å²) >= 11 is 0. The van der Waals surface area contributed by atoms with Crippen LogP contribution in [0.4, 0.5) is 0 Å². The van der Waals surface area contributed by atoms with E-state index in [1.54, 1.807) is 6.08 Å². The van der Waals surface area contributed by atoms with E-state index in [2.05, 4.69) is 31.3 Å². The number of nitrogens with one attached hydrogen (secondary N) is 1. The molecule has 0 bridgehead atoms. The summed E-state index contributed by atoms with van der Waals surface area (Å²) < 4.78 is 22.4. The van der Waals surface area contributed by atoms with E-state index in [1.165, 1.54) is 44.9 Å². The van der Waals surface area contributed by atoms with Crippen molar-refractivity contribution in [2.24, 2.45) is 0 Å². The highest BCUT2D eigenvalue weighted by Gasteiger charge is 2.50. The molecule has 304 valence electrons. The summed E-state index contributed by atoms with van der Waals surface area (Å²) in [6.45, 7) is 2.59. The third-order valence-corrected chi connectivity index (χ3v) is 9.62. The number of carbonyl (C=O) groups is 1. The standard InChI is InChI=1S/C38H69NO13/c1-3-5-7-9-11-12-13-14-16-18-20-22-30(43)39-26(27(42)21-19-17-15-10-8-6-4-2)25-49-37-35(48)33(46)36(29(24-41)51-37)52-38-34(47)32(45)31(44)28(23-40)50-38/h8,10,19,21,26-29,31-38,40-42,44-48H,3-7,9,11-18,20,22-25H2,1-2H3,(H,39,43)/b10-8+,21-19+. The average Bonchev–Trinajstić information content (AvgIpc) is 3.14. The van der Waals surface area contributed by atoms with Gasteiger partial charge in [-0.05, 0) is 25.7 Å². The molecule has 0 aliphatic carbocycles. The summed E-state index contributed by atoms with van der Waals surface area (Å²) in [7, 11) is 0. The zero-order chi connectivity index (χ0) is 38.3. The van der Waals surface area contributed by atoms with Crippen LogP contribution in [-0.2, 0) is 23.7 Å². The molecule has 12 atom stereocenters. The number of rotatable bonds is 27. The summed E-state index contributed by atoms with van der Waals surface area (Å²) in [6.07, 6.45) is 7.08. The Balaban J connectivity index is 1.96. The molecule has 0 aromatic rings. The number of hydrogen-bond acceptors (Lipinski definition) is 13. The van der Waals surface area contributed by atoms with Gasteiger partial charge in [0.05, 0.1) is 32.0 Å². The average molecular weight is 748 g/mol. The van der Waals surface area contributed by atoms with E-state index in [0.29, 0.717) is 12.8 Å². The summed E-state index contributed by atoms with van der Waals surface area (Å²) in [4.78, 5) is 12.9. The van der Waals surface area contributed by atoms with Crippen molar-refractivity contribution in [3.05, 3.63) is 24.3 Å². The van der Waals surface area contributed by atoms with Gasteiger partial charge in [-0.15, -0.1) is 0 Å². The fraction of sp³-hybridized carbons (Fsp3) is 0.868. The SMILES string of the molecule is CCC/C=C/CC/C=C/C(O)C(COC1OC(CO)C(OC2OC(CO)C(O)C(O)C2O)C(O)C1O)NC(=O)CCCCCCCCCCCCC. The maximum Gasteiger partial charge on any atom is 0.220 e. The zero-order valence-electron chi connectivity index (χ0n) is 31.3. The summed E-state index contributed by atoms with van der Waals surface area (Å²) in [5.74, 6) is -0.258. The first-order valence-electron chi connectivity index (χ1n) is 19.6. The lowest BCUT2D eigenvalue weighted by atomic mass is 9.97. The third kappa shape index (κ3) is 16.5. The Morgan fingerprint density at radius 1 is 0.673 bits per heavy atom. The van der Waals surface area contributed by atoms with E-state index in [4.69, 9.17) is 18.9 Å². The van der Waals surface area contributed by atoms with Crippen molar-refractivity contribution in [2.75, 3.05) is 19.8 Å². The van der Waals surface area contributed by atoms with Crippen molar-refractivity contribution in [1.82, 2.24) is 5.32 Å². The molecule has 2 heterocycles. The minimum absolute atomic E-state index is 0.258. The van der Waals surface area contributed by atoms with Gasteiger partial charge in [0.2, 0.25) is 5.91 Å². The van der Waals surface area contributed by atoms with Gasteiger partial charge in [-0.3, -0.25) is 4.79 Å². The minimum atomic E-state index is -1.79. The molecule has 2 saturated heterocycles. The fourth-order valence-corrected chi connectivity index (χ4v) is 6.31. The van der Waals surface area contributed by atoms with Crippen molar-refractivity contribution in [3.63, 3.8) is 0 Å². The van der Waals surface area contributed by atoms with Crippen molar-refractivity contribution < 1.29 is 64.6 Å². The van der Waals surface area contributed by atoms with E-state index >= 15 is 0 Å². The molecule has 9 N–H and O–H groups in total. The van der Waals surface area contributed by atoms with Gasteiger partial charge in [0, 0.05) is 6.42 Å². The number of ether oxygens (including phenoxy) is 4. The summed E-state index contributed by atoms with van der Waals surface area (Å²) in [5.41, 5.74) is 0. The molecule has 1 amide bonds. The monoisotopic (exact) mass is 747 g/mol. The van der Waals surface area contributed by atoms with Crippen LogP contribution in [0.5, 0.6) is 0 Å². The molecule has 0 saturated carbocycles. The number of aliphatic hydroxyl groups is 8. The van der Waals surface area contributed by atoms with E-state index in [1.807, 2.05) is 6.08 Å². The highest BCUT2D eigenvalue weighted by Crippen LogP contribution is 2.29. The summed E-state index contributed by atoms with van der Waals surface area (Å²) in [5, 5.41) is 85.8. The van der Waals surface area contributed by atoms with Crippen molar-refractivity contribution in [1.29, 1.82) is 0 Å². The summed E-state index contributed by atoms with van der Waals surface area (Å²) in [6, 6.07) is -0.921. The maximum absolute atomic E-state index is 12.9. The number of aliphatic hydroxyl groups excluding tert-OH is 8. The Bertz CT molecular complexity index is 983. The van der Waals surface area contributed by atoms with Crippen LogP contribution in [0.1, 0.15) is 117 Å². The maximum atomic E-state index is 12.9. The van der Waals surface area contributed by atoms with E-state index in [9.17, 15) is 45.6 Å². The molecule has 0 aromatic heterocycles. The first kappa shape index (κ1) is 46.6. The van der Waals surface area contributed by atoms with Crippen LogP contribution >= 0.6 is 0 Å². The Kier molecular flexibility index (Phi) is 24.3. The molecule has 2 rings (SSSR count). The van der Waals surface area contributed by atoms with Crippen LogP contribution in [0.3, 0.4) is 0 Å². The lowest BCUT2D eigenvalue weighted by Crippen LogP contribution is -2.65. The third-order valence-electron chi connectivity index (χ3n) is 9.62. The molecule has 12 unspecified atom stereocenters. The number of unbranched alkanes of at least 4 members (excludes halogenated alkanes) is 12. The van der Waals surface area contributed by atoms with Gasteiger partial charge < -0.3 is 65.1 Å². The molecular weight excluding hydrogens is 678 g/mol. The molecule has 14 nitrogen and oxygen atoms in total. The highest BCUT2D eigenvalue weighted by atomic mass is 16.7. The van der Waals surface area contributed by atoms with Gasteiger partial charge >= 0.3 is 0 Å². The molecule has 2 aliphatic heterocycles. The smallest absolute Gasteiger partial charge is 0.220 e. The highest BCUT2D eigenvalue weighted by molar-refractivity contribution is 5.76. The predicted octanol–water partition coefficient (Wildman–Crippen LogP) is 1.87. The fourth-order valence-electron chi connectivity index (χ4n) is 6.31. The number of amides is 1. The molecule has 2 fully saturated rings. The second-order valence-corrected chi connectivity index (χ2v) is 14.1. The molecule has 0 spiro atoms. The second-order valence-electron chi connectivity index (χ2n) is 14.1. The molecule has 0 aromatic carbocycles. The van der Waals surface area contributed by atoms with E-state index < -0.39 is 86.8 Å². The van der Waals surface area contributed by atoms with Crippen LogP contribution in [-0.4, -0.2) is 140 Å². The minimum Gasteiger partial charge on any atom is -0.394 e. The van der Waals surface area contributed by atoms with Gasteiger partial charge in [-0.2, -0.15) is 0 Å². The Morgan fingerprint density at radius 3 is 1.85 bits per heavy atom. The molecule has 0 radical (unpaired) electrons. The van der Waals surface area contributed by atoms with Crippen LogP contribution in [0.2, 0.25) is 0 Å². The Labute approximate surface area is 309 Å². The first-order chi connectivity index (χ1) is 25.1. The molecule has 14 heteroatoms. The van der Waals surface area contributed by atoms with Crippen molar-refractivity contribution in [2.45, 2.75) is 190 Å². The molecular formula is C38H69NO13. The normalized spacial score (nSPS) is 31.0. The second kappa shape index (κ2) is 27.1. The van der Waals surface area contributed by atoms with E-state index in [0.717, 1.165) is 38.5 Å². The number of carbonyl (C=O) groups excluding carboxylic acids is 1. The Hall–Kier alpha value is -1.53. The van der Waals surface area contributed by atoms with Crippen molar-refractivity contribution in [3.8, 4) is 0 Å². The van der Waals surface area contributed by atoms with Gasteiger partial charge in [0.1, 0.15) is 48.8 Å². The lowest BCUT2D eigenvalue weighted by Gasteiger charge is -2.46. The first-order valence-corrected chi connectivity index (χ1v) is 19.6. The lowest BCUT2D eigenvalue weighted by molar-refractivity contribution is -0.359. The zero-order valence-corrected chi connectivity index (χ0v) is 31.3. The largest absolute Gasteiger partial charge is 0.394 e. The van der Waals surface area contributed by atoms with Crippen molar-refractivity contribution >= 4 is 5.91 Å². The Morgan fingerprint density at radius 2 is 1.23 bits per heavy atom. The van der Waals surface area contributed by atoms with Gasteiger partial charge in [0.25, 0.3) is 0 Å². The molecule has 52 heavy (non-hydrogen) atoms. The van der Waals surface area contributed by atoms with Gasteiger partial charge in [-0.25, -0.2) is 0 Å². The van der Waals surface area contributed by atoms with E-state index in [-0.39, 0.29) is 18.9 Å². The quantitative estimate of drug-likeness (QED) is 0.0433. The van der Waals surface area contributed by atoms with Crippen LogP contribution in [0, 0.1) is 0 Å². The number of allylic oxidation sites excluding steroid dienone is 3. The van der Waals surface area contributed by atoms with Crippen LogP contribution in [0.25, 0.3) is 0 Å². The van der Waals surface area contributed by atoms with Gasteiger partial charge in [0.15, 0.2) is 12.6 Å². The number of hydrogen-bond donors (Lipinski definition) is 9. The topological polar surface area (TPSA) is 228 Å². The van der Waals surface area contributed by atoms with Crippen LogP contribution < -0.4 is 5.32 Å². The molecule has 2 aliphatic rings. The predicted molar refractivity (Wildman–Crippen MR) is 194 cm³/mol. The van der Waals surface area contributed by atoms with Crippen LogP contribution in [0.15, 0.2) is 24.3 Å².